The van der Waals surface area contributed by atoms with Gasteiger partial charge in [-0.25, -0.2) is 4.90 Å². The van der Waals surface area contributed by atoms with Crippen LogP contribution in [0.15, 0.2) is 65.6 Å². The molecule has 0 aliphatic carbocycles. The number of carbonyl (C=O) groups excluding carboxylic acids is 2. The average molecular weight is 410 g/mol. The second-order valence-corrected chi connectivity index (χ2v) is 7.55. The maximum absolute atomic E-state index is 13.0. The number of hydrogen-bond acceptors (Lipinski definition) is 4. The molecule has 1 aliphatic heterocycles. The summed E-state index contributed by atoms with van der Waals surface area (Å²) in [5, 5.41) is 2.21. The van der Waals surface area contributed by atoms with Crippen LogP contribution in [-0.4, -0.2) is 17.8 Å². The summed E-state index contributed by atoms with van der Waals surface area (Å²) in [6.45, 7) is 2.42. The van der Waals surface area contributed by atoms with Crippen molar-refractivity contribution >= 4 is 57.0 Å². The summed E-state index contributed by atoms with van der Waals surface area (Å²) in [5.41, 5.74) is 1.29. The Morgan fingerprint density at radius 2 is 1.79 bits per heavy atom. The normalized spacial score (nSPS) is 15.6. The smallest absolute Gasteiger partial charge is 0.298 e. The molecule has 1 saturated heterocycles. The predicted octanol–water partition coefficient (Wildman–Crippen LogP) is 6.13. The van der Waals surface area contributed by atoms with Gasteiger partial charge in [0.15, 0.2) is 0 Å². The highest BCUT2D eigenvalue weighted by Crippen LogP contribution is 2.38. The Kier molecular flexibility index (Phi) is 5.11. The lowest BCUT2D eigenvalue weighted by molar-refractivity contribution is -0.113. The first-order valence-corrected chi connectivity index (χ1v) is 9.96. The van der Waals surface area contributed by atoms with Crippen molar-refractivity contribution < 1.29 is 14.3 Å². The summed E-state index contributed by atoms with van der Waals surface area (Å²) in [4.78, 5) is 27.0. The van der Waals surface area contributed by atoms with Crippen LogP contribution in [0.5, 0.6) is 5.75 Å². The number of rotatable bonds is 4. The molecule has 0 saturated carbocycles. The number of anilines is 1. The van der Waals surface area contributed by atoms with Crippen LogP contribution in [0.1, 0.15) is 12.5 Å². The fourth-order valence-corrected chi connectivity index (χ4v) is 4.07. The second-order valence-electron chi connectivity index (χ2n) is 6.13. The van der Waals surface area contributed by atoms with E-state index in [0.29, 0.717) is 28.0 Å². The zero-order valence-corrected chi connectivity index (χ0v) is 16.6. The maximum atomic E-state index is 13.0. The molecule has 4 rings (SSSR count). The van der Waals surface area contributed by atoms with E-state index >= 15 is 0 Å². The van der Waals surface area contributed by atoms with Crippen molar-refractivity contribution in [1.82, 2.24) is 0 Å². The third kappa shape index (κ3) is 3.39. The Hall–Kier alpha value is -2.76. The molecule has 1 heterocycles. The molecular weight excluding hydrogens is 394 g/mol. The van der Waals surface area contributed by atoms with Crippen LogP contribution in [0.4, 0.5) is 10.5 Å². The molecule has 3 aromatic carbocycles. The highest BCUT2D eigenvalue weighted by atomic mass is 35.5. The van der Waals surface area contributed by atoms with Crippen molar-refractivity contribution in [1.29, 1.82) is 0 Å². The Morgan fingerprint density at radius 1 is 1.04 bits per heavy atom. The molecule has 2 amide bonds. The van der Waals surface area contributed by atoms with Crippen molar-refractivity contribution in [3.63, 3.8) is 0 Å². The third-order valence-electron chi connectivity index (χ3n) is 4.38. The van der Waals surface area contributed by atoms with E-state index in [-0.39, 0.29) is 11.1 Å². The number of thioether (sulfide) groups is 1. The standard InChI is InChI=1S/C22H16ClNO3S/c1-2-27-19-12-7-14-5-3-4-6-17(14)18(19)13-20-21(25)24(22(26)28-20)16-10-8-15(23)9-11-16/h3-13H,2H2,1H3/b20-13-. The Labute approximate surface area is 171 Å². The predicted molar refractivity (Wildman–Crippen MR) is 115 cm³/mol. The van der Waals surface area contributed by atoms with Gasteiger partial charge in [-0.1, -0.05) is 41.9 Å². The van der Waals surface area contributed by atoms with Crippen molar-refractivity contribution in [3.8, 4) is 5.75 Å². The molecule has 0 atom stereocenters. The second kappa shape index (κ2) is 7.70. The van der Waals surface area contributed by atoms with E-state index in [1.54, 1.807) is 30.3 Å². The molecule has 4 nitrogen and oxygen atoms in total. The molecule has 3 aromatic rings. The average Bonchev–Trinajstić information content (AvgIpc) is 2.98. The lowest BCUT2D eigenvalue weighted by atomic mass is 10.0. The molecule has 0 aromatic heterocycles. The molecule has 140 valence electrons. The van der Waals surface area contributed by atoms with Crippen LogP contribution in [-0.2, 0) is 4.79 Å². The summed E-state index contributed by atoms with van der Waals surface area (Å²) < 4.78 is 5.76. The molecule has 0 bridgehead atoms. The molecule has 28 heavy (non-hydrogen) atoms. The highest BCUT2D eigenvalue weighted by molar-refractivity contribution is 8.19. The van der Waals surface area contributed by atoms with E-state index in [0.717, 1.165) is 33.0 Å². The summed E-state index contributed by atoms with van der Waals surface area (Å²) >= 11 is 6.83. The van der Waals surface area contributed by atoms with Crippen molar-refractivity contribution in [3.05, 3.63) is 76.2 Å². The van der Waals surface area contributed by atoms with Gasteiger partial charge >= 0.3 is 0 Å². The minimum Gasteiger partial charge on any atom is -0.493 e. The van der Waals surface area contributed by atoms with Gasteiger partial charge in [-0.3, -0.25) is 9.59 Å². The van der Waals surface area contributed by atoms with E-state index in [4.69, 9.17) is 16.3 Å². The van der Waals surface area contributed by atoms with E-state index in [1.807, 2.05) is 43.3 Å². The van der Waals surface area contributed by atoms with Gasteiger partial charge in [0.05, 0.1) is 17.2 Å². The van der Waals surface area contributed by atoms with Gasteiger partial charge in [-0.15, -0.1) is 0 Å². The first-order chi connectivity index (χ1) is 13.6. The molecule has 0 spiro atoms. The van der Waals surface area contributed by atoms with Crippen molar-refractivity contribution in [2.75, 3.05) is 11.5 Å². The van der Waals surface area contributed by atoms with E-state index in [9.17, 15) is 9.59 Å². The summed E-state index contributed by atoms with van der Waals surface area (Å²) in [6.07, 6.45) is 1.74. The van der Waals surface area contributed by atoms with E-state index in [2.05, 4.69) is 0 Å². The number of ether oxygens (including phenoxy) is 1. The largest absolute Gasteiger partial charge is 0.493 e. The SMILES string of the molecule is CCOc1ccc2ccccc2c1/C=C1\SC(=O)N(c2ccc(Cl)cc2)C1=O. The third-order valence-corrected chi connectivity index (χ3v) is 5.51. The minimum absolute atomic E-state index is 0.336. The van der Waals surface area contributed by atoms with E-state index in [1.165, 1.54) is 0 Å². The van der Waals surface area contributed by atoms with Crippen LogP contribution >= 0.6 is 23.4 Å². The number of amides is 2. The van der Waals surface area contributed by atoms with E-state index < -0.39 is 0 Å². The number of nitrogens with zero attached hydrogens (tertiary/aromatic N) is 1. The number of imide groups is 1. The Morgan fingerprint density at radius 3 is 2.54 bits per heavy atom. The summed E-state index contributed by atoms with van der Waals surface area (Å²) in [7, 11) is 0. The molecule has 0 radical (unpaired) electrons. The number of hydrogen-bond donors (Lipinski definition) is 0. The first-order valence-electron chi connectivity index (χ1n) is 8.76. The summed E-state index contributed by atoms with van der Waals surface area (Å²) in [6, 6.07) is 18.4. The molecule has 0 unspecified atom stereocenters. The lowest BCUT2D eigenvalue weighted by Gasteiger charge is -2.13. The number of halogens is 1. The number of fused-ring (bicyclic) bond motifs is 1. The summed E-state index contributed by atoms with van der Waals surface area (Å²) in [5.74, 6) is 0.326. The Balaban J connectivity index is 1.79. The highest BCUT2D eigenvalue weighted by Gasteiger charge is 2.36. The molecule has 6 heteroatoms. The quantitative estimate of drug-likeness (QED) is 0.486. The van der Waals surface area contributed by atoms with Gasteiger partial charge < -0.3 is 4.74 Å². The van der Waals surface area contributed by atoms with Crippen LogP contribution < -0.4 is 9.64 Å². The zero-order chi connectivity index (χ0) is 19.7. The number of carbonyl (C=O) groups is 2. The lowest BCUT2D eigenvalue weighted by Crippen LogP contribution is -2.27. The molecule has 1 aliphatic rings. The zero-order valence-electron chi connectivity index (χ0n) is 15.0. The Bertz CT molecular complexity index is 1110. The number of benzene rings is 3. The van der Waals surface area contributed by atoms with Crippen LogP contribution in [0.2, 0.25) is 5.02 Å². The maximum Gasteiger partial charge on any atom is 0.298 e. The van der Waals surface area contributed by atoms with Crippen LogP contribution in [0.25, 0.3) is 16.8 Å². The topological polar surface area (TPSA) is 46.6 Å². The molecular formula is C22H16ClNO3S. The fraction of sp³-hybridized carbons (Fsp3) is 0.0909. The van der Waals surface area contributed by atoms with Gasteiger partial charge in [0, 0.05) is 10.6 Å². The van der Waals surface area contributed by atoms with Gasteiger partial charge in [0.2, 0.25) is 0 Å². The molecule has 0 N–H and O–H groups in total. The van der Waals surface area contributed by atoms with Gasteiger partial charge in [-0.05, 0) is 65.9 Å². The fourth-order valence-electron chi connectivity index (χ4n) is 3.12. The monoisotopic (exact) mass is 409 g/mol. The first kappa shape index (κ1) is 18.6. The van der Waals surface area contributed by atoms with Crippen LogP contribution in [0.3, 0.4) is 0 Å². The van der Waals surface area contributed by atoms with Gasteiger partial charge in [0.25, 0.3) is 11.1 Å². The van der Waals surface area contributed by atoms with Crippen molar-refractivity contribution in [2.45, 2.75) is 6.92 Å². The van der Waals surface area contributed by atoms with Crippen LogP contribution in [0, 0.1) is 0 Å². The minimum atomic E-state index is -0.354. The van der Waals surface area contributed by atoms with Crippen molar-refractivity contribution in [2.24, 2.45) is 0 Å². The molecule has 1 fully saturated rings. The van der Waals surface area contributed by atoms with Gasteiger partial charge in [-0.2, -0.15) is 0 Å². The van der Waals surface area contributed by atoms with Gasteiger partial charge in [0.1, 0.15) is 5.75 Å².